The molecule has 0 aliphatic heterocycles. The molecule has 4 nitrogen and oxygen atoms in total. The van der Waals surface area contributed by atoms with Crippen LogP contribution in [0.4, 0.5) is 17.6 Å². The van der Waals surface area contributed by atoms with Crippen molar-refractivity contribution in [2.75, 3.05) is 13.8 Å². The Bertz CT molecular complexity index is 461. The second kappa shape index (κ2) is 5.11. The summed E-state index contributed by atoms with van der Waals surface area (Å²) in [6.45, 7) is -2.14. The first-order valence-electron chi connectivity index (χ1n) is 4.54. The molecule has 0 bridgehead atoms. The van der Waals surface area contributed by atoms with Crippen molar-refractivity contribution in [1.82, 2.24) is 0 Å². The van der Waals surface area contributed by atoms with Crippen molar-refractivity contribution in [2.24, 2.45) is 0 Å². The summed E-state index contributed by atoms with van der Waals surface area (Å²) in [5.41, 5.74) is -0.564. The smallest absolute Gasteiger partial charge is 0.427 e. The van der Waals surface area contributed by atoms with Crippen molar-refractivity contribution in [3.63, 3.8) is 0 Å². The van der Waals surface area contributed by atoms with Gasteiger partial charge in [0.1, 0.15) is 11.3 Å². The van der Waals surface area contributed by atoms with Crippen LogP contribution in [0.5, 0.6) is 11.5 Å². The highest BCUT2D eigenvalue weighted by Crippen LogP contribution is 2.31. The lowest BCUT2D eigenvalue weighted by molar-refractivity contribution is -0.187. The van der Waals surface area contributed by atoms with Gasteiger partial charge in [-0.15, -0.1) is 0 Å². The van der Waals surface area contributed by atoms with Crippen molar-refractivity contribution in [3.05, 3.63) is 23.5 Å². The maximum absolute atomic E-state index is 13.3. The average molecular weight is 268 g/mol. The van der Waals surface area contributed by atoms with E-state index in [1.54, 1.807) is 0 Å². The van der Waals surface area contributed by atoms with Crippen molar-refractivity contribution >= 4 is 5.97 Å². The van der Waals surface area contributed by atoms with Gasteiger partial charge in [0.25, 0.3) is 0 Å². The Morgan fingerprint density at radius 1 is 1.39 bits per heavy atom. The molecule has 0 saturated carbocycles. The monoisotopic (exact) mass is 268 g/mol. The van der Waals surface area contributed by atoms with Gasteiger partial charge in [0, 0.05) is 6.07 Å². The van der Waals surface area contributed by atoms with E-state index >= 15 is 0 Å². The van der Waals surface area contributed by atoms with E-state index in [-0.39, 0.29) is 5.75 Å². The Hall–Kier alpha value is -1.99. The number of ether oxygens (including phenoxy) is 2. The van der Waals surface area contributed by atoms with Crippen LogP contribution in [-0.2, 0) is 0 Å². The average Bonchev–Trinajstić information content (AvgIpc) is 2.30. The predicted molar refractivity (Wildman–Crippen MR) is 51.5 cm³/mol. The second-order valence-electron chi connectivity index (χ2n) is 3.16. The highest BCUT2D eigenvalue weighted by atomic mass is 19.3. The number of rotatable bonds is 5. The molecule has 0 fully saturated rings. The van der Waals surface area contributed by atoms with Gasteiger partial charge in [-0.3, -0.25) is 0 Å². The summed E-state index contributed by atoms with van der Waals surface area (Å²) in [6, 6.07) is 1.06. The van der Waals surface area contributed by atoms with Gasteiger partial charge in [-0.25, -0.2) is 13.6 Å². The Kier molecular flexibility index (Phi) is 4.00. The minimum atomic E-state index is -4.20. The van der Waals surface area contributed by atoms with Gasteiger partial charge in [0.05, 0.1) is 7.11 Å². The number of carboxylic acids is 1. The van der Waals surface area contributed by atoms with Crippen LogP contribution in [-0.4, -0.2) is 31.0 Å². The predicted octanol–water partition coefficient (Wildman–Crippen LogP) is 2.47. The molecule has 0 unspecified atom stereocenters. The van der Waals surface area contributed by atoms with Crippen LogP contribution in [0, 0.1) is 5.82 Å². The molecule has 0 amide bonds. The summed E-state index contributed by atoms with van der Waals surface area (Å²) in [5, 5.41) is 8.70. The molecular weight excluding hydrogens is 260 g/mol. The van der Waals surface area contributed by atoms with Crippen molar-refractivity contribution in [3.8, 4) is 11.5 Å². The highest BCUT2D eigenvalue weighted by Gasteiger charge is 2.33. The summed E-state index contributed by atoms with van der Waals surface area (Å²) in [7, 11) is 1.07. The number of aromatic carboxylic acids is 1. The Morgan fingerprint density at radius 3 is 2.44 bits per heavy atom. The van der Waals surface area contributed by atoms with Crippen molar-refractivity contribution in [2.45, 2.75) is 6.11 Å². The molecule has 0 heterocycles. The zero-order valence-electron chi connectivity index (χ0n) is 9.05. The quantitative estimate of drug-likeness (QED) is 0.833. The Balaban J connectivity index is 3.19. The fraction of sp³-hybridized carbons (Fsp3) is 0.300. The number of methoxy groups -OCH3 is 1. The van der Waals surface area contributed by atoms with E-state index in [2.05, 4.69) is 9.47 Å². The minimum Gasteiger partial charge on any atom is -0.496 e. The number of hydrogen-bond donors (Lipinski definition) is 1. The zero-order valence-corrected chi connectivity index (χ0v) is 9.05. The maximum atomic E-state index is 13.3. The largest absolute Gasteiger partial charge is 0.496 e. The number of carboxylic acid groups (broad SMARTS) is 1. The van der Waals surface area contributed by atoms with Gasteiger partial charge in [-0.1, -0.05) is 0 Å². The van der Waals surface area contributed by atoms with Crippen LogP contribution in [0.15, 0.2) is 12.1 Å². The molecule has 1 N–H and O–H groups in total. The summed E-state index contributed by atoms with van der Waals surface area (Å²) >= 11 is 0. The minimum absolute atomic E-state index is 0.381. The highest BCUT2D eigenvalue weighted by molar-refractivity contribution is 5.91. The van der Waals surface area contributed by atoms with Crippen LogP contribution in [0.3, 0.4) is 0 Å². The molecule has 0 saturated heterocycles. The summed E-state index contributed by atoms with van der Waals surface area (Å²) < 4.78 is 58.7. The van der Waals surface area contributed by atoms with Gasteiger partial charge < -0.3 is 14.6 Å². The number of alkyl halides is 3. The molecule has 0 radical (unpaired) electrons. The van der Waals surface area contributed by atoms with E-state index in [1.165, 1.54) is 0 Å². The summed E-state index contributed by atoms with van der Waals surface area (Å²) in [4.78, 5) is 10.7. The van der Waals surface area contributed by atoms with Gasteiger partial charge in [-0.05, 0) is 6.07 Å². The van der Waals surface area contributed by atoms with Gasteiger partial charge in [-0.2, -0.15) is 8.78 Å². The van der Waals surface area contributed by atoms with Crippen LogP contribution in [0.2, 0.25) is 0 Å². The first-order chi connectivity index (χ1) is 8.30. The number of benzene rings is 1. The van der Waals surface area contributed by atoms with E-state index < -0.39 is 35.9 Å². The second-order valence-corrected chi connectivity index (χ2v) is 3.16. The third kappa shape index (κ3) is 3.02. The van der Waals surface area contributed by atoms with E-state index in [0.29, 0.717) is 12.1 Å². The number of hydrogen-bond acceptors (Lipinski definition) is 3. The van der Waals surface area contributed by atoms with Crippen molar-refractivity contribution in [1.29, 1.82) is 0 Å². The fourth-order valence-corrected chi connectivity index (χ4v) is 1.14. The zero-order chi connectivity index (χ0) is 13.9. The normalized spacial score (nSPS) is 11.2. The Labute approximate surface area is 98.7 Å². The summed E-state index contributed by atoms with van der Waals surface area (Å²) in [6.07, 6.45) is -4.20. The molecule has 0 atom stereocenters. The molecule has 8 heteroatoms. The molecular formula is C10H8F4O4. The van der Waals surface area contributed by atoms with Crippen LogP contribution >= 0.6 is 0 Å². The van der Waals surface area contributed by atoms with Gasteiger partial charge in [0.2, 0.25) is 0 Å². The topological polar surface area (TPSA) is 55.8 Å². The van der Waals surface area contributed by atoms with E-state index in [0.717, 1.165) is 7.11 Å². The number of halogens is 4. The van der Waals surface area contributed by atoms with Crippen LogP contribution in [0.1, 0.15) is 10.4 Å². The molecule has 100 valence electrons. The molecule has 1 rings (SSSR count). The maximum Gasteiger partial charge on any atom is 0.427 e. The number of carbonyl (C=O) groups is 1. The third-order valence-corrected chi connectivity index (χ3v) is 1.90. The Morgan fingerprint density at radius 2 is 2.00 bits per heavy atom. The first-order valence-corrected chi connectivity index (χ1v) is 4.54. The SMILES string of the molecule is COc1cc(OC(F)(F)CF)c(F)cc1C(=O)O. The lowest BCUT2D eigenvalue weighted by atomic mass is 10.2. The summed E-state index contributed by atoms with van der Waals surface area (Å²) in [5.74, 6) is -4.25. The molecule has 18 heavy (non-hydrogen) atoms. The van der Waals surface area contributed by atoms with Gasteiger partial charge in [0.15, 0.2) is 18.2 Å². The molecule has 1 aromatic rings. The lowest BCUT2D eigenvalue weighted by Crippen LogP contribution is -2.27. The molecule has 0 aliphatic carbocycles. The van der Waals surface area contributed by atoms with Crippen LogP contribution in [0.25, 0.3) is 0 Å². The van der Waals surface area contributed by atoms with Gasteiger partial charge >= 0.3 is 12.1 Å². The van der Waals surface area contributed by atoms with Crippen LogP contribution < -0.4 is 9.47 Å². The molecule has 0 spiro atoms. The standard InChI is InChI=1S/C10H8F4O4/c1-17-7-3-8(18-10(13,14)4-11)6(12)2-5(7)9(15)16/h2-3H,4H2,1H3,(H,15,16). The third-order valence-electron chi connectivity index (χ3n) is 1.90. The fourth-order valence-electron chi connectivity index (χ4n) is 1.14. The molecule has 1 aromatic carbocycles. The van der Waals surface area contributed by atoms with Crippen molar-refractivity contribution < 1.29 is 36.9 Å². The first kappa shape index (κ1) is 14.1. The molecule has 0 aliphatic rings. The van der Waals surface area contributed by atoms with E-state index in [1.807, 2.05) is 0 Å². The van der Waals surface area contributed by atoms with E-state index in [9.17, 15) is 22.4 Å². The van der Waals surface area contributed by atoms with E-state index in [4.69, 9.17) is 5.11 Å². The molecule has 0 aromatic heterocycles. The lowest BCUT2D eigenvalue weighted by Gasteiger charge is -2.16.